The molecule has 0 fully saturated rings. The van der Waals surface area contributed by atoms with Crippen LogP contribution in [-0.2, 0) is 0 Å². The Morgan fingerprint density at radius 2 is 1.92 bits per heavy atom. The number of nitrogens with two attached hydrogens (primary N) is 1. The molecule has 0 aliphatic rings. The largest absolute Gasteiger partial charge is 0.322 e. The molecule has 0 saturated carbocycles. The predicted octanol–water partition coefficient (Wildman–Crippen LogP) is 2.66. The number of hydrogen-bond donors (Lipinski definition) is 2. The Balaban J connectivity index is 0.00000121. The van der Waals surface area contributed by atoms with E-state index in [2.05, 4.69) is 5.43 Å². The van der Waals surface area contributed by atoms with Crippen molar-refractivity contribution >= 4 is 29.7 Å². The van der Waals surface area contributed by atoms with Gasteiger partial charge in [0, 0.05) is 0 Å². The van der Waals surface area contributed by atoms with Gasteiger partial charge in [0.2, 0.25) is 0 Å². The van der Waals surface area contributed by atoms with Gasteiger partial charge in [-0.2, -0.15) is 0 Å². The molecule has 0 aliphatic carbocycles. The second kappa shape index (κ2) is 4.55. The molecule has 0 heterocycles. The van der Waals surface area contributed by atoms with Crippen LogP contribution in [0.3, 0.4) is 0 Å². The lowest BCUT2D eigenvalue weighted by molar-refractivity contribution is 1.29. The zero-order valence-electron chi connectivity index (χ0n) is 7.02. The average molecular weight is 207 g/mol. The van der Waals surface area contributed by atoms with E-state index in [9.17, 15) is 0 Å². The van der Waals surface area contributed by atoms with E-state index in [4.69, 9.17) is 17.4 Å². The first-order valence-corrected chi connectivity index (χ1v) is 3.76. The summed E-state index contributed by atoms with van der Waals surface area (Å²) in [6.45, 7) is 3.97. The lowest BCUT2D eigenvalue weighted by Gasteiger charge is -2.07. The van der Waals surface area contributed by atoms with Gasteiger partial charge in [0.1, 0.15) is 0 Å². The van der Waals surface area contributed by atoms with Gasteiger partial charge in [0.05, 0.1) is 10.7 Å². The summed E-state index contributed by atoms with van der Waals surface area (Å²) in [5.41, 5.74) is 5.57. The molecule has 1 aromatic rings. The van der Waals surface area contributed by atoms with E-state index in [-0.39, 0.29) is 12.4 Å². The van der Waals surface area contributed by atoms with Crippen LogP contribution in [0.25, 0.3) is 0 Å². The van der Waals surface area contributed by atoms with Crippen LogP contribution >= 0.6 is 24.0 Å². The fourth-order valence-corrected chi connectivity index (χ4v) is 1.47. The number of rotatable bonds is 1. The SMILES string of the molecule is Cc1cc(C)c(NN)c(Cl)c1.Cl. The molecule has 1 rings (SSSR count). The predicted molar refractivity (Wildman–Crippen MR) is 56.0 cm³/mol. The molecule has 0 amide bonds. The van der Waals surface area contributed by atoms with E-state index >= 15 is 0 Å². The summed E-state index contributed by atoms with van der Waals surface area (Å²) < 4.78 is 0. The Morgan fingerprint density at radius 3 is 2.33 bits per heavy atom. The summed E-state index contributed by atoms with van der Waals surface area (Å²) in [5.74, 6) is 5.27. The third kappa shape index (κ3) is 2.27. The number of benzene rings is 1. The van der Waals surface area contributed by atoms with Crippen LogP contribution in [0, 0.1) is 13.8 Å². The number of nitrogen functional groups attached to an aromatic ring is 1. The molecule has 0 saturated heterocycles. The molecule has 0 spiro atoms. The molecule has 0 radical (unpaired) electrons. The van der Waals surface area contributed by atoms with Crippen molar-refractivity contribution in [1.29, 1.82) is 0 Å². The molecular weight excluding hydrogens is 195 g/mol. The number of aryl methyl sites for hydroxylation is 2. The van der Waals surface area contributed by atoms with Crippen molar-refractivity contribution in [3.05, 3.63) is 28.3 Å². The van der Waals surface area contributed by atoms with E-state index in [1.54, 1.807) is 0 Å². The first kappa shape index (κ1) is 11.6. The van der Waals surface area contributed by atoms with Gasteiger partial charge in [-0.25, -0.2) is 0 Å². The Morgan fingerprint density at radius 1 is 1.33 bits per heavy atom. The van der Waals surface area contributed by atoms with Crippen molar-refractivity contribution in [2.45, 2.75) is 13.8 Å². The highest BCUT2D eigenvalue weighted by atomic mass is 35.5. The fourth-order valence-electron chi connectivity index (χ4n) is 1.10. The minimum absolute atomic E-state index is 0. The van der Waals surface area contributed by atoms with Crippen molar-refractivity contribution in [3.8, 4) is 0 Å². The Hall–Kier alpha value is -0.440. The highest BCUT2D eigenvalue weighted by Crippen LogP contribution is 2.25. The molecule has 68 valence electrons. The third-order valence-corrected chi connectivity index (χ3v) is 1.87. The molecular formula is C8H12Cl2N2. The van der Waals surface area contributed by atoms with Gasteiger partial charge in [-0.3, -0.25) is 5.84 Å². The topological polar surface area (TPSA) is 38.0 Å². The maximum Gasteiger partial charge on any atom is 0.0701 e. The minimum Gasteiger partial charge on any atom is -0.322 e. The molecule has 0 aromatic heterocycles. The number of halogens is 2. The maximum absolute atomic E-state index is 5.89. The lowest BCUT2D eigenvalue weighted by Crippen LogP contribution is -2.08. The van der Waals surface area contributed by atoms with E-state index in [0.29, 0.717) is 5.02 Å². The summed E-state index contributed by atoms with van der Waals surface area (Å²) in [6.07, 6.45) is 0. The smallest absolute Gasteiger partial charge is 0.0701 e. The number of hydrazine groups is 1. The van der Waals surface area contributed by atoms with E-state index < -0.39 is 0 Å². The van der Waals surface area contributed by atoms with Gasteiger partial charge in [0.15, 0.2) is 0 Å². The second-order valence-electron chi connectivity index (χ2n) is 2.58. The van der Waals surface area contributed by atoms with Crippen LogP contribution in [0.15, 0.2) is 12.1 Å². The first-order valence-electron chi connectivity index (χ1n) is 3.38. The van der Waals surface area contributed by atoms with E-state index in [1.807, 2.05) is 26.0 Å². The van der Waals surface area contributed by atoms with Crippen LogP contribution in [0.2, 0.25) is 5.02 Å². The van der Waals surface area contributed by atoms with Gasteiger partial charge < -0.3 is 5.43 Å². The van der Waals surface area contributed by atoms with Crippen molar-refractivity contribution in [2.75, 3.05) is 5.43 Å². The highest BCUT2D eigenvalue weighted by molar-refractivity contribution is 6.33. The Bertz CT molecular complexity index is 251. The van der Waals surface area contributed by atoms with Crippen molar-refractivity contribution in [3.63, 3.8) is 0 Å². The molecule has 1 aromatic carbocycles. The first-order chi connectivity index (χ1) is 5.15. The zero-order chi connectivity index (χ0) is 8.43. The number of anilines is 1. The molecule has 3 N–H and O–H groups in total. The van der Waals surface area contributed by atoms with Gasteiger partial charge in [-0.1, -0.05) is 17.7 Å². The molecule has 0 bridgehead atoms. The maximum atomic E-state index is 5.89. The Labute approximate surface area is 83.5 Å². The van der Waals surface area contributed by atoms with Crippen molar-refractivity contribution < 1.29 is 0 Å². The normalized spacial score (nSPS) is 9.00. The van der Waals surface area contributed by atoms with Crippen molar-refractivity contribution in [2.24, 2.45) is 5.84 Å². The molecule has 12 heavy (non-hydrogen) atoms. The van der Waals surface area contributed by atoms with Crippen LogP contribution < -0.4 is 11.3 Å². The highest BCUT2D eigenvalue weighted by Gasteiger charge is 2.01. The fraction of sp³-hybridized carbons (Fsp3) is 0.250. The monoisotopic (exact) mass is 206 g/mol. The van der Waals surface area contributed by atoms with Gasteiger partial charge in [-0.15, -0.1) is 12.4 Å². The Kier molecular flexibility index (Phi) is 4.39. The number of nitrogens with one attached hydrogen (secondary N) is 1. The van der Waals surface area contributed by atoms with Crippen LogP contribution in [0.5, 0.6) is 0 Å². The zero-order valence-corrected chi connectivity index (χ0v) is 8.59. The minimum atomic E-state index is 0. The second-order valence-corrected chi connectivity index (χ2v) is 2.99. The van der Waals surface area contributed by atoms with E-state index in [1.165, 1.54) is 0 Å². The summed E-state index contributed by atoms with van der Waals surface area (Å²) in [6, 6.07) is 3.91. The van der Waals surface area contributed by atoms with Gasteiger partial charge in [0.25, 0.3) is 0 Å². The van der Waals surface area contributed by atoms with Crippen molar-refractivity contribution in [1.82, 2.24) is 0 Å². The molecule has 4 heteroatoms. The molecule has 0 aliphatic heterocycles. The van der Waals surface area contributed by atoms with Crippen LogP contribution in [0.1, 0.15) is 11.1 Å². The quantitative estimate of drug-likeness (QED) is 0.548. The van der Waals surface area contributed by atoms with Gasteiger partial charge >= 0.3 is 0 Å². The molecule has 0 atom stereocenters. The van der Waals surface area contributed by atoms with E-state index in [0.717, 1.165) is 16.8 Å². The summed E-state index contributed by atoms with van der Waals surface area (Å²) >= 11 is 5.89. The number of hydrogen-bond acceptors (Lipinski definition) is 2. The summed E-state index contributed by atoms with van der Waals surface area (Å²) in [4.78, 5) is 0. The lowest BCUT2D eigenvalue weighted by atomic mass is 10.1. The average Bonchev–Trinajstić information content (AvgIpc) is 1.85. The standard InChI is InChI=1S/C8H11ClN2.ClH/c1-5-3-6(2)8(11-10)7(9)4-5;/h3-4,11H,10H2,1-2H3;1H. The summed E-state index contributed by atoms with van der Waals surface area (Å²) in [5, 5.41) is 0.671. The van der Waals surface area contributed by atoms with Gasteiger partial charge in [-0.05, 0) is 31.0 Å². The van der Waals surface area contributed by atoms with Crippen LogP contribution in [-0.4, -0.2) is 0 Å². The summed E-state index contributed by atoms with van der Waals surface area (Å²) in [7, 11) is 0. The van der Waals surface area contributed by atoms with Crippen LogP contribution in [0.4, 0.5) is 5.69 Å². The molecule has 2 nitrogen and oxygen atoms in total. The third-order valence-electron chi connectivity index (χ3n) is 1.58. The molecule has 0 unspecified atom stereocenters.